The van der Waals surface area contributed by atoms with Crippen molar-refractivity contribution in [2.24, 2.45) is 35.5 Å². The van der Waals surface area contributed by atoms with E-state index in [9.17, 15) is 0 Å². The van der Waals surface area contributed by atoms with Gasteiger partial charge in [-0.15, -0.1) is 0 Å². The monoisotopic (exact) mass is 289 g/mol. The molecule has 0 saturated heterocycles. The molecule has 0 heterocycles. The van der Waals surface area contributed by atoms with Gasteiger partial charge in [-0.05, 0) is 80.6 Å². The predicted octanol–water partition coefficient (Wildman–Crippen LogP) is 5.01. The van der Waals surface area contributed by atoms with E-state index in [-0.39, 0.29) is 0 Å². The summed E-state index contributed by atoms with van der Waals surface area (Å²) < 4.78 is 0. The average molecular weight is 290 g/mol. The first-order chi connectivity index (χ1) is 10.3. The van der Waals surface area contributed by atoms with Crippen LogP contribution in [-0.4, -0.2) is 12.6 Å². The van der Waals surface area contributed by atoms with E-state index < -0.39 is 0 Å². The molecule has 1 unspecified atom stereocenters. The Bertz CT molecular complexity index is 316. The van der Waals surface area contributed by atoms with Gasteiger partial charge >= 0.3 is 0 Å². The fraction of sp³-hybridized carbons (Fsp3) is 1.00. The van der Waals surface area contributed by atoms with E-state index in [1.165, 1.54) is 45.1 Å². The lowest BCUT2D eigenvalue weighted by molar-refractivity contribution is -0.0553. The molecule has 5 saturated carbocycles. The Balaban J connectivity index is 1.45. The van der Waals surface area contributed by atoms with Crippen molar-refractivity contribution in [3.05, 3.63) is 0 Å². The molecule has 0 aromatic rings. The molecular weight excluding hydrogens is 254 g/mol. The molecule has 1 N–H and O–H groups in total. The van der Waals surface area contributed by atoms with Crippen molar-refractivity contribution in [3.8, 4) is 0 Å². The third-order valence-corrected chi connectivity index (χ3v) is 7.54. The molecule has 0 amide bonds. The van der Waals surface area contributed by atoms with Crippen LogP contribution in [0.25, 0.3) is 0 Å². The van der Waals surface area contributed by atoms with Gasteiger partial charge in [-0.2, -0.15) is 0 Å². The first kappa shape index (κ1) is 14.5. The molecule has 120 valence electrons. The third-order valence-electron chi connectivity index (χ3n) is 7.54. The Kier molecular flexibility index (Phi) is 4.31. The van der Waals surface area contributed by atoms with Crippen molar-refractivity contribution in [2.75, 3.05) is 6.54 Å². The Morgan fingerprint density at radius 2 is 1.48 bits per heavy atom. The summed E-state index contributed by atoms with van der Waals surface area (Å²) in [7, 11) is 0. The second-order valence-electron chi connectivity index (χ2n) is 8.91. The fourth-order valence-electron chi connectivity index (χ4n) is 7.05. The normalized spacial score (nSPS) is 44.1. The second-order valence-corrected chi connectivity index (χ2v) is 8.91. The Morgan fingerprint density at radius 3 is 2.05 bits per heavy atom. The molecule has 0 aliphatic heterocycles. The van der Waals surface area contributed by atoms with E-state index in [1.807, 2.05) is 0 Å². The van der Waals surface area contributed by atoms with Crippen molar-refractivity contribution in [1.82, 2.24) is 5.32 Å². The molecule has 4 bridgehead atoms. The summed E-state index contributed by atoms with van der Waals surface area (Å²) in [5.41, 5.74) is 0. The molecule has 5 aliphatic rings. The lowest BCUT2D eigenvalue weighted by atomic mass is 9.50. The van der Waals surface area contributed by atoms with Crippen molar-refractivity contribution in [2.45, 2.75) is 83.6 Å². The maximum Gasteiger partial charge on any atom is 0.0103 e. The fourth-order valence-corrected chi connectivity index (χ4v) is 7.05. The highest BCUT2D eigenvalue weighted by Gasteiger charge is 2.50. The molecule has 0 aromatic heterocycles. The Morgan fingerprint density at radius 1 is 0.857 bits per heavy atom. The van der Waals surface area contributed by atoms with E-state index in [1.54, 1.807) is 32.1 Å². The largest absolute Gasteiger partial charge is 0.314 e. The van der Waals surface area contributed by atoms with Crippen molar-refractivity contribution < 1.29 is 0 Å². The minimum absolute atomic E-state index is 0.855. The van der Waals surface area contributed by atoms with Crippen LogP contribution in [0.1, 0.15) is 77.6 Å². The quantitative estimate of drug-likeness (QED) is 0.750. The summed E-state index contributed by atoms with van der Waals surface area (Å²) in [6, 6.07) is 0.855. The summed E-state index contributed by atoms with van der Waals surface area (Å²) in [5, 5.41) is 3.96. The topological polar surface area (TPSA) is 12.0 Å². The lowest BCUT2D eigenvalue weighted by Crippen LogP contribution is -2.53. The maximum absolute atomic E-state index is 3.96. The molecule has 0 radical (unpaired) electrons. The van der Waals surface area contributed by atoms with Crippen molar-refractivity contribution in [1.29, 1.82) is 0 Å². The van der Waals surface area contributed by atoms with Crippen LogP contribution in [0.5, 0.6) is 0 Å². The van der Waals surface area contributed by atoms with Crippen LogP contribution in [0.2, 0.25) is 0 Å². The van der Waals surface area contributed by atoms with Crippen molar-refractivity contribution in [3.63, 3.8) is 0 Å². The predicted molar refractivity (Wildman–Crippen MR) is 89.2 cm³/mol. The van der Waals surface area contributed by atoms with E-state index in [0.29, 0.717) is 0 Å². The zero-order valence-electron chi connectivity index (χ0n) is 14.0. The highest BCUT2D eigenvalue weighted by atomic mass is 14.9. The first-order valence-corrected chi connectivity index (χ1v) is 10.1. The third kappa shape index (κ3) is 2.92. The molecule has 1 nitrogen and oxygen atoms in total. The van der Waals surface area contributed by atoms with Gasteiger partial charge in [0.25, 0.3) is 0 Å². The van der Waals surface area contributed by atoms with E-state index in [2.05, 4.69) is 12.2 Å². The van der Waals surface area contributed by atoms with Gasteiger partial charge in [0.2, 0.25) is 0 Å². The van der Waals surface area contributed by atoms with Gasteiger partial charge in [0.05, 0.1) is 0 Å². The first-order valence-electron chi connectivity index (χ1n) is 10.1. The van der Waals surface area contributed by atoms with Gasteiger partial charge in [0.15, 0.2) is 0 Å². The standard InChI is InChI=1S/C20H35N/c1-2-21-19(13-14-6-4-3-5-7-14)20-17-9-15-8-16(11-17)12-18(20)10-15/h14-21H,2-13H2,1H3. The van der Waals surface area contributed by atoms with Gasteiger partial charge in [0, 0.05) is 6.04 Å². The molecule has 5 fully saturated rings. The van der Waals surface area contributed by atoms with Gasteiger partial charge in [-0.25, -0.2) is 0 Å². The summed E-state index contributed by atoms with van der Waals surface area (Å²) in [4.78, 5) is 0. The number of nitrogens with one attached hydrogen (secondary N) is 1. The Hall–Kier alpha value is -0.0400. The van der Waals surface area contributed by atoms with Gasteiger partial charge < -0.3 is 5.32 Å². The van der Waals surface area contributed by atoms with E-state index in [0.717, 1.165) is 41.5 Å². The Labute approximate surface area is 131 Å². The second kappa shape index (κ2) is 6.22. The lowest BCUT2D eigenvalue weighted by Gasteiger charge is -2.57. The van der Waals surface area contributed by atoms with E-state index >= 15 is 0 Å². The van der Waals surface area contributed by atoms with Crippen LogP contribution in [0.15, 0.2) is 0 Å². The van der Waals surface area contributed by atoms with Crippen molar-refractivity contribution >= 4 is 0 Å². The number of hydrogen-bond donors (Lipinski definition) is 1. The summed E-state index contributed by atoms with van der Waals surface area (Å²) in [5.74, 6) is 6.52. The maximum atomic E-state index is 3.96. The molecule has 21 heavy (non-hydrogen) atoms. The minimum Gasteiger partial charge on any atom is -0.314 e. The highest BCUT2D eigenvalue weighted by Crippen LogP contribution is 2.57. The smallest absolute Gasteiger partial charge is 0.0103 e. The van der Waals surface area contributed by atoms with Gasteiger partial charge in [0.1, 0.15) is 0 Å². The molecule has 0 spiro atoms. The van der Waals surface area contributed by atoms with Crippen LogP contribution < -0.4 is 5.32 Å². The molecule has 1 heteroatoms. The summed E-state index contributed by atoms with van der Waals surface area (Å²) >= 11 is 0. The molecule has 1 atom stereocenters. The van der Waals surface area contributed by atoms with E-state index in [4.69, 9.17) is 0 Å². The molecule has 5 aliphatic carbocycles. The van der Waals surface area contributed by atoms with Crippen LogP contribution >= 0.6 is 0 Å². The van der Waals surface area contributed by atoms with Crippen LogP contribution in [-0.2, 0) is 0 Å². The molecule has 5 rings (SSSR count). The molecule has 0 aromatic carbocycles. The number of rotatable bonds is 5. The summed E-state index contributed by atoms with van der Waals surface area (Å²) in [6.07, 6.45) is 17.0. The number of hydrogen-bond acceptors (Lipinski definition) is 1. The van der Waals surface area contributed by atoms with Crippen LogP contribution in [0.4, 0.5) is 0 Å². The van der Waals surface area contributed by atoms with Crippen LogP contribution in [0, 0.1) is 35.5 Å². The van der Waals surface area contributed by atoms with Gasteiger partial charge in [-0.1, -0.05) is 39.0 Å². The minimum atomic E-state index is 0.855. The van der Waals surface area contributed by atoms with Gasteiger partial charge in [-0.3, -0.25) is 0 Å². The van der Waals surface area contributed by atoms with Crippen LogP contribution in [0.3, 0.4) is 0 Å². The SMILES string of the molecule is CCNC(CC1CCCCC1)C1C2CC3CC(C2)CC1C3. The molecular formula is C20H35N. The zero-order chi connectivity index (χ0) is 14.2. The zero-order valence-corrected chi connectivity index (χ0v) is 14.0. The highest BCUT2D eigenvalue weighted by molar-refractivity contribution is 5.02. The average Bonchev–Trinajstić information content (AvgIpc) is 2.47. The summed E-state index contributed by atoms with van der Waals surface area (Å²) in [6.45, 7) is 3.50.